The van der Waals surface area contributed by atoms with Gasteiger partial charge < -0.3 is 10.1 Å². The summed E-state index contributed by atoms with van der Waals surface area (Å²) < 4.78 is 5.87. The van der Waals surface area contributed by atoms with Gasteiger partial charge in [-0.2, -0.15) is 0 Å². The fourth-order valence-corrected chi connectivity index (χ4v) is 2.85. The quantitative estimate of drug-likeness (QED) is 0.795. The Morgan fingerprint density at radius 1 is 1.26 bits per heavy atom. The molecule has 0 bridgehead atoms. The van der Waals surface area contributed by atoms with Crippen molar-refractivity contribution in [2.24, 2.45) is 0 Å². The van der Waals surface area contributed by atoms with E-state index >= 15 is 0 Å². The average molecular weight is 284 g/mol. The van der Waals surface area contributed by atoms with Crippen molar-refractivity contribution >= 4 is 11.6 Å². The molecule has 0 saturated carbocycles. The maximum Gasteiger partial charge on any atom is 0.0867 e. The second-order valence-corrected chi connectivity index (χ2v) is 5.38. The Bertz CT molecular complexity index is 393. The van der Waals surface area contributed by atoms with Crippen molar-refractivity contribution in [3.63, 3.8) is 0 Å². The minimum absolute atomic E-state index is 0.163. The van der Waals surface area contributed by atoms with Gasteiger partial charge in [0.05, 0.1) is 11.6 Å². The van der Waals surface area contributed by atoms with Gasteiger partial charge in [0.25, 0.3) is 0 Å². The molecule has 0 aliphatic carbocycles. The van der Waals surface area contributed by atoms with Gasteiger partial charge in [-0.15, -0.1) is 0 Å². The third-order valence-electron chi connectivity index (χ3n) is 4.07. The molecule has 0 radical (unpaired) electrons. The van der Waals surface area contributed by atoms with Gasteiger partial charge in [0.1, 0.15) is 0 Å². The maximum absolute atomic E-state index is 6.27. The fourth-order valence-electron chi connectivity index (χ4n) is 2.67. The van der Waals surface area contributed by atoms with E-state index in [1.54, 1.807) is 7.11 Å². The van der Waals surface area contributed by atoms with E-state index in [0.717, 1.165) is 30.0 Å². The largest absolute Gasteiger partial charge is 0.376 e. The van der Waals surface area contributed by atoms with E-state index in [0.29, 0.717) is 0 Å². The van der Waals surface area contributed by atoms with Crippen LogP contribution in [-0.2, 0) is 4.74 Å². The van der Waals surface area contributed by atoms with Crippen molar-refractivity contribution < 1.29 is 4.74 Å². The summed E-state index contributed by atoms with van der Waals surface area (Å²) in [5, 5.41) is 4.37. The predicted octanol–water partition coefficient (Wildman–Crippen LogP) is 4.50. The molecular formula is C16H26ClNO. The summed E-state index contributed by atoms with van der Waals surface area (Å²) in [6.07, 6.45) is 1.92. The number of methoxy groups -OCH3 is 1. The van der Waals surface area contributed by atoms with Crippen LogP contribution in [0.4, 0.5) is 0 Å². The zero-order chi connectivity index (χ0) is 14.5. The van der Waals surface area contributed by atoms with Crippen molar-refractivity contribution in [2.45, 2.75) is 52.2 Å². The Kier molecular flexibility index (Phi) is 6.31. The average Bonchev–Trinajstić information content (AvgIpc) is 2.43. The lowest BCUT2D eigenvalue weighted by molar-refractivity contribution is -0.0482. The molecule has 1 rings (SSSR count). The summed E-state index contributed by atoms with van der Waals surface area (Å²) in [7, 11) is 1.80. The van der Waals surface area contributed by atoms with Crippen LogP contribution in [-0.4, -0.2) is 19.3 Å². The van der Waals surface area contributed by atoms with Crippen LogP contribution in [0.15, 0.2) is 18.2 Å². The van der Waals surface area contributed by atoms with Gasteiger partial charge in [0, 0.05) is 12.1 Å². The molecular weight excluding hydrogens is 258 g/mol. The number of ether oxygens (including phenoxy) is 1. The first-order chi connectivity index (χ1) is 9.04. The van der Waals surface area contributed by atoms with Crippen LogP contribution in [0.5, 0.6) is 0 Å². The lowest BCUT2D eigenvalue weighted by atomic mass is 9.83. The van der Waals surface area contributed by atoms with Gasteiger partial charge in [-0.05, 0) is 43.5 Å². The molecule has 3 heteroatoms. The van der Waals surface area contributed by atoms with Gasteiger partial charge >= 0.3 is 0 Å². The minimum Gasteiger partial charge on any atom is -0.376 e. The van der Waals surface area contributed by atoms with Crippen LogP contribution in [0.25, 0.3) is 0 Å². The lowest BCUT2D eigenvalue weighted by Crippen LogP contribution is -2.44. The topological polar surface area (TPSA) is 21.3 Å². The molecule has 108 valence electrons. The molecule has 0 saturated heterocycles. The van der Waals surface area contributed by atoms with E-state index in [9.17, 15) is 0 Å². The van der Waals surface area contributed by atoms with Crippen LogP contribution < -0.4 is 5.32 Å². The standard InChI is InChI=1S/C16H26ClNO/c1-6-16(7-2,19-5)15(18-8-3)13-10-9-12(4)14(17)11-13/h9-11,15,18H,6-8H2,1-5H3. The summed E-state index contributed by atoms with van der Waals surface area (Å²) in [5.41, 5.74) is 2.12. The maximum atomic E-state index is 6.27. The number of halogens is 1. The number of hydrogen-bond donors (Lipinski definition) is 1. The molecule has 1 unspecified atom stereocenters. The molecule has 1 aromatic carbocycles. The third-order valence-corrected chi connectivity index (χ3v) is 4.47. The molecule has 1 N–H and O–H groups in total. The smallest absolute Gasteiger partial charge is 0.0867 e. The molecule has 0 fully saturated rings. The van der Waals surface area contributed by atoms with Crippen LogP contribution >= 0.6 is 11.6 Å². The van der Waals surface area contributed by atoms with E-state index in [1.807, 2.05) is 6.92 Å². The molecule has 0 spiro atoms. The van der Waals surface area contributed by atoms with Gasteiger partial charge in [0.2, 0.25) is 0 Å². The fraction of sp³-hybridized carbons (Fsp3) is 0.625. The first kappa shape index (κ1) is 16.5. The number of hydrogen-bond acceptors (Lipinski definition) is 2. The van der Waals surface area contributed by atoms with Crippen LogP contribution in [0, 0.1) is 6.92 Å². The Morgan fingerprint density at radius 3 is 2.32 bits per heavy atom. The molecule has 1 atom stereocenters. The van der Waals surface area contributed by atoms with Crippen LogP contribution in [0.3, 0.4) is 0 Å². The Labute approximate surface area is 122 Å². The molecule has 0 aromatic heterocycles. The van der Waals surface area contributed by atoms with Crippen molar-refractivity contribution in [1.82, 2.24) is 5.32 Å². The van der Waals surface area contributed by atoms with E-state index in [-0.39, 0.29) is 11.6 Å². The van der Waals surface area contributed by atoms with Crippen molar-refractivity contribution in [3.05, 3.63) is 34.3 Å². The number of nitrogens with one attached hydrogen (secondary N) is 1. The van der Waals surface area contributed by atoms with Crippen molar-refractivity contribution in [3.8, 4) is 0 Å². The zero-order valence-corrected chi connectivity index (χ0v) is 13.5. The molecule has 19 heavy (non-hydrogen) atoms. The summed E-state index contributed by atoms with van der Waals surface area (Å²) >= 11 is 6.27. The first-order valence-corrected chi connectivity index (χ1v) is 7.47. The summed E-state index contributed by atoms with van der Waals surface area (Å²) in [6, 6.07) is 6.45. The molecule has 1 aromatic rings. The highest BCUT2D eigenvalue weighted by Crippen LogP contribution is 2.36. The molecule has 0 heterocycles. The number of aryl methyl sites for hydroxylation is 1. The van der Waals surface area contributed by atoms with E-state index in [2.05, 4.69) is 44.3 Å². The highest BCUT2D eigenvalue weighted by atomic mass is 35.5. The second-order valence-electron chi connectivity index (χ2n) is 4.98. The summed E-state index contributed by atoms with van der Waals surface area (Å²) in [4.78, 5) is 0. The van der Waals surface area contributed by atoms with Crippen LogP contribution in [0.2, 0.25) is 5.02 Å². The monoisotopic (exact) mass is 283 g/mol. The predicted molar refractivity (Wildman–Crippen MR) is 82.9 cm³/mol. The first-order valence-electron chi connectivity index (χ1n) is 7.09. The molecule has 2 nitrogen and oxygen atoms in total. The van der Waals surface area contributed by atoms with Gasteiger partial charge in [-0.1, -0.05) is 44.5 Å². The van der Waals surface area contributed by atoms with Gasteiger partial charge in [-0.3, -0.25) is 0 Å². The summed E-state index contributed by atoms with van der Waals surface area (Å²) in [6.45, 7) is 9.40. The zero-order valence-electron chi connectivity index (χ0n) is 12.7. The number of likely N-dealkylation sites (N-methyl/N-ethyl adjacent to an activating group) is 1. The van der Waals surface area contributed by atoms with Crippen LogP contribution in [0.1, 0.15) is 50.8 Å². The van der Waals surface area contributed by atoms with E-state index in [4.69, 9.17) is 16.3 Å². The normalized spacial score (nSPS) is 13.6. The van der Waals surface area contributed by atoms with E-state index < -0.39 is 0 Å². The van der Waals surface area contributed by atoms with Gasteiger partial charge in [0.15, 0.2) is 0 Å². The SMILES string of the molecule is CCNC(c1ccc(C)c(Cl)c1)C(CC)(CC)OC. The minimum atomic E-state index is -0.186. The molecule has 0 aliphatic rings. The van der Waals surface area contributed by atoms with Crippen molar-refractivity contribution in [2.75, 3.05) is 13.7 Å². The number of benzene rings is 1. The highest BCUT2D eigenvalue weighted by Gasteiger charge is 2.36. The van der Waals surface area contributed by atoms with Gasteiger partial charge in [-0.25, -0.2) is 0 Å². The Morgan fingerprint density at radius 2 is 1.89 bits per heavy atom. The summed E-state index contributed by atoms with van der Waals surface area (Å²) in [5.74, 6) is 0. The third kappa shape index (κ3) is 3.50. The van der Waals surface area contributed by atoms with E-state index in [1.165, 1.54) is 5.56 Å². The second kappa shape index (κ2) is 7.28. The van der Waals surface area contributed by atoms with Crippen molar-refractivity contribution in [1.29, 1.82) is 0 Å². The molecule has 0 aliphatic heterocycles. The lowest BCUT2D eigenvalue weighted by Gasteiger charge is -2.39. The highest BCUT2D eigenvalue weighted by molar-refractivity contribution is 6.31. The number of rotatable bonds is 7. The Hall–Kier alpha value is -0.570. The Balaban J connectivity index is 3.21. The molecule has 0 amide bonds.